The number of aryl methyl sites for hydroxylation is 2. The Morgan fingerprint density at radius 3 is 2.60 bits per heavy atom. The van der Waals surface area contributed by atoms with Crippen LogP contribution in [0.3, 0.4) is 0 Å². The van der Waals surface area contributed by atoms with E-state index in [1.54, 1.807) is 4.68 Å². The molecule has 3 rings (SSSR count). The summed E-state index contributed by atoms with van der Waals surface area (Å²) in [6, 6.07) is 6.01. The predicted molar refractivity (Wildman–Crippen MR) is 74.4 cm³/mol. The van der Waals surface area contributed by atoms with Crippen LogP contribution in [0.25, 0.3) is 5.69 Å². The van der Waals surface area contributed by atoms with Crippen LogP contribution in [-0.2, 0) is 0 Å². The van der Waals surface area contributed by atoms with Crippen LogP contribution in [0.5, 0.6) is 0 Å². The van der Waals surface area contributed by atoms with Gasteiger partial charge in [0.25, 0.3) is 0 Å². The minimum Gasteiger partial charge on any atom is -0.476 e. The molecule has 1 aromatic carbocycles. The van der Waals surface area contributed by atoms with Gasteiger partial charge in [-0.05, 0) is 49.9 Å². The van der Waals surface area contributed by atoms with Crippen molar-refractivity contribution in [1.29, 1.82) is 0 Å². The Morgan fingerprint density at radius 2 is 2.05 bits per heavy atom. The first kappa shape index (κ1) is 12.8. The van der Waals surface area contributed by atoms with Crippen molar-refractivity contribution >= 4 is 5.97 Å². The van der Waals surface area contributed by atoms with Crippen molar-refractivity contribution < 1.29 is 9.90 Å². The van der Waals surface area contributed by atoms with E-state index >= 15 is 0 Å². The zero-order chi connectivity index (χ0) is 14.3. The van der Waals surface area contributed by atoms with E-state index < -0.39 is 5.97 Å². The first-order chi connectivity index (χ1) is 9.58. The summed E-state index contributed by atoms with van der Waals surface area (Å²) in [5, 5.41) is 17.2. The van der Waals surface area contributed by atoms with Crippen molar-refractivity contribution in [2.45, 2.75) is 39.0 Å². The van der Waals surface area contributed by atoms with Crippen molar-refractivity contribution in [3.63, 3.8) is 0 Å². The second kappa shape index (κ2) is 4.74. The molecule has 1 aliphatic carbocycles. The lowest BCUT2D eigenvalue weighted by Crippen LogP contribution is -2.17. The summed E-state index contributed by atoms with van der Waals surface area (Å²) >= 11 is 0. The van der Waals surface area contributed by atoms with Gasteiger partial charge in [-0.3, -0.25) is 0 Å². The molecule has 0 radical (unpaired) electrons. The van der Waals surface area contributed by atoms with Gasteiger partial charge in [0.05, 0.1) is 11.4 Å². The molecule has 0 saturated heterocycles. The lowest BCUT2D eigenvalue weighted by atomic mass is 9.82. The Morgan fingerprint density at radius 1 is 1.30 bits per heavy atom. The maximum Gasteiger partial charge on any atom is 0.358 e. The van der Waals surface area contributed by atoms with Gasteiger partial charge in [0, 0.05) is 5.92 Å². The second-order valence-corrected chi connectivity index (χ2v) is 5.44. The highest BCUT2D eigenvalue weighted by atomic mass is 16.4. The molecule has 5 nitrogen and oxygen atoms in total. The first-order valence-corrected chi connectivity index (χ1v) is 6.84. The van der Waals surface area contributed by atoms with Crippen LogP contribution in [-0.4, -0.2) is 26.1 Å². The van der Waals surface area contributed by atoms with Gasteiger partial charge in [-0.25, -0.2) is 9.48 Å². The number of aromatic nitrogens is 3. The fraction of sp³-hybridized carbons (Fsp3) is 0.400. The fourth-order valence-electron chi connectivity index (χ4n) is 2.54. The zero-order valence-corrected chi connectivity index (χ0v) is 11.6. The molecule has 1 saturated carbocycles. The van der Waals surface area contributed by atoms with Crippen molar-refractivity contribution in [3.05, 3.63) is 40.7 Å². The highest BCUT2D eigenvalue weighted by molar-refractivity contribution is 5.87. The molecular weight excluding hydrogens is 254 g/mol. The molecule has 1 aliphatic rings. The largest absolute Gasteiger partial charge is 0.476 e. The molecule has 1 aromatic heterocycles. The number of carboxylic acid groups (broad SMARTS) is 1. The third kappa shape index (κ3) is 1.99. The minimum absolute atomic E-state index is 0.0907. The van der Waals surface area contributed by atoms with Crippen molar-refractivity contribution in [3.8, 4) is 5.69 Å². The summed E-state index contributed by atoms with van der Waals surface area (Å²) in [7, 11) is 0. The van der Waals surface area contributed by atoms with Gasteiger partial charge < -0.3 is 5.11 Å². The summed E-state index contributed by atoms with van der Waals surface area (Å²) in [5.41, 5.74) is 4.09. The van der Waals surface area contributed by atoms with Gasteiger partial charge >= 0.3 is 5.97 Å². The molecule has 0 amide bonds. The molecule has 2 aromatic rings. The van der Waals surface area contributed by atoms with E-state index in [9.17, 15) is 9.90 Å². The number of hydrogen-bond acceptors (Lipinski definition) is 3. The SMILES string of the molecule is Cc1ccc(-n2nnc(C(=O)O)c2C2CCC2)cc1C. The Bertz CT molecular complexity index is 672. The minimum atomic E-state index is -0.998. The number of aromatic carboxylic acids is 1. The quantitative estimate of drug-likeness (QED) is 0.932. The average Bonchev–Trinajstić information content (AvgIpc) is 2.75. The van der Waals surface area contributed by atoms with Crippen LogP contribution in [0.15, 0.2) is 18.2 Å². The molecule has 0 bridgehead atoms. The lowest BCUT2D eigenvalue weighted by molar-refractivity contribution is 0.0687. The smallest absolute Gasteiger partial charge is 0.358 e. The summed E-state index contributed by atoms with van der Waals surface area (Å²) < 4.78 is 1.69. The van der Waals surface area contributed by atoms with Crippen molar-refractivity contribution in [2.75, 3.05) is 0 Å². The number of carbonyl (C=O) groups is 1. The summed E-state index contributed by atoms with van der Waals surface area (Å²) in [4.78, 5) is 11.3. The number of benzene rings is 1. The summed E-state index contributed by atoms with van der Waals surface area (Å²) in [5.74, 6) is -0.736. The van der Waals surface area contributed by atoms with E-state index in [1.165, 1.54) is 5.56 Å². The normalized spacial score (nSPS) is 15.1. The third-order valence-electron chi connectivity index (χ3n) is 4.13. The van der Waals surface area contributed by atoms with Crippen LogP contribution >= 0.6 is 0 Å². The van der Waals surface area contributed by atoms with Gasteiger partial charge in [0.15, 0.2) is 5.69 Å². The van der Waals surface area contributed by atoms with Crippen LogP contribution in [0.4, 0.5) is 0 Å². The van der Waals surface area contributed by atoms with Gasteiger partial charge in [-0.15, -0.1) is 5.10 Å². The molecular formula is C15H17N3O2. The Balaban J connectivity index is 2.12. The van der Waals surface area contributed by atoms with E-state index in [1.807, 2.05) is 25.1 Å². The number of nitrogens with zero attached hydrogens (tertiary/aromatic N) is 3. The topological polar surface area (TPSA) is 68.0 Å². The van der Waals surface area contributed by atoms with Gasteiger partial charge in [0.1, 0.15) is 0 Å². The zero-order valence-electron chi connectivity index (χ0n) is 11.6. The monoisotopic (exact) mass is 271 g/mol. The molecule has 0 aliphatic heterocycles. The average molecular weight is 271 g/mol. The van der Waals surface area contributed by atoms with E-state index in [-0.39, 0.29) is 11.6 Å². The Kier molecular flexibility index (Phi) is 3.04. The highest BCUT2D eigenvalue weighted by Crippen LogP contribution is 2.38. The molecule has 1 N–H and O–H groups in total. The first-order valence-electron chi connectivity index (χ1n) is 6.84. The molecule has 20 heavy (non-hydrogen) atoms. The molecule has 1 fully saturated rings. The van der Waals surface area contributed by atoms with E-state index in [0.717, 1.165) is 36.2 Å². The van der Waals surface area contributed by atoms with Crippen LogP contribution in [0.1, 0.15) is 52.5 Å². The Labute approximate surface area is 117 Å². The van der Waals surface area contributed by atoms with Crippen LogP contribution < -0.4 is 0 Å². The summed E-state index contributed by atoms with van der Waals surface area (Å²) in [6.07, 6.45) is 3.17. The number of rotatable bonds is 3. The standard InChI is InChI=1S/C15H17N3O2/c1-9-6-7-12(8-10(9)2)18-14(11-4-3-5-11)13(15(19)20)16-17-18/h6-8,11H,3-5H2,1-2H3,(H,19,20). The van der Waals surface area contributed by atoms with E-state index in [4.69, 9.17) is 0 Å². The fourth-order valence-corrected chi connectivity index (χ4v) is 2.54. The highest BCUT2D eigenvalue weighted by Gasteiger charge is 2.31. The Hall–Kier alpha value is -2.17. The number of hydrogen-bond donors (Lipinski definition) is 1. The van der Waals surface area contributed by atoms with Crippen molar-refractivity contribution in [1.82, 2.24) is 15.0 Å². The van der Waals surface area contributed by atoms with Crippen molar-refractivity contribution in [2.24, 2.45) is 0 Å². The molecule has 0 atom stereocenters. The maximum absolute atomic E-state index is 11.3. The molecule has 0 spiro atoms. The van der Waals surface area contributed by atoms with E-state index in [2.05, 4.69) is 17.2 Å². The molecule has 5 heteroatoms. The van der Waals surface area contributed by atoms with E-state index in [0.29, 0.717) is 0 Å². The van der Waals surface area contributed by atoms with Crippen LogP contribution in [0.2, 0.25) is 0 Å². The predicted octanol–water partition coefficient (Wildman–Crippen LogP) is 2.85. The molecule has 0 unspecified atom stereocenters. The maximum atomic E-state index is 11.3. The van der Waals surface area contributed by atoms with Crippen LogP contribution in [0, 0.1) is 13.8 Å². The molecule has 104 valence electrons. The molecule has 1 heterocycles. The third-order valence-corrected chi connectivity index (χ3v) is 4.13. The van der Waals surface area contributed by atoms with Gasteiger partial charge in [-0.1, -0.05) is 17.7 Å². The van der Waals surface area contributed by atoms with Gasteiger partial charge in [-0.2, -0.15) is 0 Å². The number of carboxylic acids is 1. The summed E-state index contributed by atoms with van der Waals surface area (Å²) in [6.45, 7) is 4.09. The van der Waals surface area contributed by atoms with Gasteiger partial charge in [0.2, 0.25) is 0 Å². The lowest BCUT2D eigenvalue weighted by Gasteiger charge is -2.26. The second-order valence-electron chi connectivity index (χ2n) is 5.44.